The molecule has 2 rings (SSSR count). The van der Waals surface area contributed by atoms with Gasteiger partial charge in [-0.05, 0) is 18.7 Å². The molecule has 0 aliphatic carbocycles. The van der Waals surface area contributed by atoms with Crippen molar-refractivity contribution in [2.75, 3.05) is 33.2 Å². The monoisotopic (exact) mass is 292 g/mol. The van der Waals surface area contributed by atoms with E-state index in [1.807, 2.05) is 23.2 Å². The summed E-state index contributed by atoms with van der Waals surface area (Å²) in [6, 6.07) is 7.43. The van der Waals surface area contributed by atoms with Gasteiger partial charge in [-0.15, -0.1) is 0 Å². The van der Waals surface area contributed by atoms with Crippen molar-refractivity contribution in [2.45, 2.75) is 6.42 Å². The molecular formula is C14H20N4OS. The van der Waals surface area contributed by atoms with Gasteiger partial charge in [-0.25, -0.2) is 5.01 Å². The Kier molecular flexibility index (Phi) is 5.05. The Morgan fingerprint density at radius 2 is 1.95 bits per heavy atom. The van der Waals surface area contributed by atoms with Gasteiger partial charge in [0.2, 0.25) is 0 Å². The van der Waals surface area contributed by atoms with E-state index < -0.39 is 0 Å². The van der Waals surface area contributed by atoms with E-state index >= 15 is 0 Å². The van der Waals surface area contributed by atoms with E-state index in [4.69, 9.17) is 18.0 Å². The molecule has 1 aromatic rings. The molecule has 1 heterocycles. The van der Waals surface area contributed by atoms with Gasteiger partial charge in [0.05, 0.1) is 4.99 Å². The molecule has 20 heavy (non-hydrogen) atoms. The number of benzene rings is 1. The number of carbonyl (C=O) groups is 1. The lowest BCUT2D eigenvalue weighted by Crippen LogP contribution is -2.52. The molecule has 1 aromatic carbocycles. The Balaban J connectivity index is 2.03. The zero-order chi connectivity index (χ0) is 14.5. The van der Waals surface area contributed by atoms with Crippen molar-refractivity contribution in [3.8, 4) is 0 Å². The second-order valence-corrected chi connectivity index (χ2v) is 5.56. The summed E-state index contributed by atoms with van der Waals surface area (Å²) in [7, 11) is 2.08. The number of carbonyl (C=O) groups excluding carboxylic acids is 1. The first-order valence-electron chi connectivity index (χ1n) is 6.67. The van der Waals surface area contributed by atoms with Gasteiger partial charge in [0.15, 0.2) is 0 Å². The number of hydrogen-bond donors (Lipinski definition) is 2. The maximum atomic E-state index is 12.3. The maximum absolute atomic E-state index is 12.3. The van der Waals surface area contributed by atoms with Gasteiger partial charge >= 0.3 is 0 Å². The topological polar surface area (TPSA) is 61.6 Å². The summed E-state index contributed by atoms with van der Waals surface area (Å²) in [6.07, 6.45) is 0.446. The molecule has 0 aromatic heterocycles. The minimum Gasteiger partial charge on any atom is -0.393 e. The summed E-state index contributed by atoms with van der Waals surface area (Å²) in [5.74, 6) is -0.0959. The number of hydrogen-bond acceptors (Lipinski definition) is 4. The number of thiocarbonyl (C=S) groups is 1. The van der Waals surface area contributed by atoms with Crippen molar-refractivity contribution >= 4 is 23.1 Å². The lowest BCUT2D eigenvalue weighted by atomic mass is 10.0. The number of amides is 1. The molecule has 0 bridgehead atoms. The minimum atomic E-state index is -0.0959. The molecular weight excluding hydrogens is 272 g/mol. The predicted octanol–water partition coefficient (Wildman–Crippen LogP) is 0.407. The van der Waals surface area contributed by atoms with Crippen LogP contribution in [-0.2, 0) is 6.42 Å². The molecule has 3 N–H and O–H groups in total. The van der Waals surface area contributed by atoms with E-state index in [9.17, 15) is 4.79 Å². The van der Waals surface area contributed by atoms with Crippen molar-refractivity contribution in [3.63, 3.8) is 0 Å². The van der Waals surface area contributed by atoms with Crippen LogP contribution >= 0.6 is 12.2 Å². The van der Waals surface area contributed by atoms with E-state index in [0.29, 0.717) is 17.0 Å². The summed E-state index contributed by atoms with van der Waals surface area (Å²) >= 11 is 4.93. The fourth-order valence-corrected chi connectivity index (χ4v) is 2.36. The highest BCUT2D eigenvalue weighted by atomic mass is 32.1. The number of rotatable bonds is 4. The Morgan fingerprint density at radius 1 is 1.30 bits per heavy atom. The molecule has 1 aliphatic heterocycles. The zero-order valence-corrected chi connectivity index (χ0v) is 12.4. The first-order valence-corrected chi connectivity index (χ1v) is 7.08. The van der Waals surface area contributed by atoms with Crippen LogP contribution < -0.4 is 11.2 Å². The third-order valence-electron chi connectivity index (χ3n) is 3.39. The van der Waals surface area contributed by atoms with Crippen molar-refractivity contribution in [2.24, 2.45) is 5.73 Å². The average Bonchev–Trinajstić information content (AvgIpc) is 2.41. The fourth-order valence-electron chi connectivity index (χ4n) is 2.21. The molecule has 0 spiro atoms. The number of nitrogens with one attached hydrogen (secondary N) is 1. The van der Waals surface area contributed by atoms with E-state index in [0.717, 1.165) is 31.7 Å². The summed E-state index contributed by atoms with van der Waals surface area (Å²) in [5.41, 5.74) is 10.0. The normalized spacial score (nSPS) is 16.9. The Morgan fingerprint density at radius 3 is 2.60 bits per heavy atom. The smallest absolute Gasteiger partial charge is 0.265 e. The largest absolute Gasteiger partial charge is 0.393 e. The molecule has 0 saturated carbocycles. The predicted molar refractivity (Wildman–Crippen MR) is 83.5 cm³/mol. The quantitative estimate of drug-likeness (QED) is 0.787. The van der Waals surface area contributed by atoms with Gasteiger partial charge in [0, 0.05) is 38.2 Å². The molecule has 0 unspecified atom stereocenters. The zero-order valence-electron chi connectivity index (χ0n) is 11.6. The molecule has 1 saturated heterocycles. The third kappa shape index (κ3) is 4.00. The van der Waals surface area contributed by atoms with Gasteiger partial charge in [0.25, 0.3) is 5.91 Å². The van der Waals surface area contributed by atoms with Crippen molar-refractivity contribution < 1.29 is 4.79 Å². The second kappa shape index (κ2) is 6.78. The standard InChI is InChI=1S/C14H20N4OS/c1-17-6-8-18(9-7-17)16-14(19)12-5-3-2-4-11(12)10-13(15)20/h2-5H,6-10H2,1H3,(H2,15,20)(H,16,19). The van der Waals surface area contributed by atoms with Gasteiger partial charge in [-0.1, -0.05) is 30.4 Å². The number of nitrogens with two attached hydrogens (primary N) is 1. The highest BCUT2D eigenvalue weighted by molar-refractivity contribution is 7.80. The van der Waals surface area contributed by atoms with Crippen LogP contribution in [0.3, 0.4) is 0 Å². The fraction of sp³-hybridized carbons (Fsp3) is 0.429. The van der Waals surface area contributed by atoms with Gasteiger partial charge in [0.1, 0.15) is 0 Å². The second-order valence-electron chi connectivity index (χ2n) is 5.03. The Hall–Kier alpha value is -1.50. The number of nitrogens with zero attached hydrogens (tertiary/aromatic N) is 2. The molecule has 1 aliphatic rings. The molecule has 6 heteroatoms. The van der Waals surface area contributed by atoms with Crippen LogP contribution in [0.25, 0.3) is 0 Å². The van der Waals surface area contributed by atoms with Crippen LogP contribution in [0, 0.1) is 0 Å². The van der Waals surface area contributed by atoms with Gasteiger partial charge in [-0.2, -0.15) is 0 Å². The summed E-state index contributed by atoms with van der Waals surface area (Å²) < 4.78 is 0. The van der Waals surface area contributed by atoms with Crippen molar-refractivity contribution in [3.05, 3.63) is 35.4 Å². The number of piperazine rings is 1. The molecule has 0 atom stereocenters. The van der Waals surface area contributed by atoms with E-state index in [1.54, 1.807) is 6.07 Å². The molecule has 108 valence electrons. The molecule has 1 fully saturated rings. The first-order chi connectivity index (χ1) is 9.56. The Labute approximate surface area is 124 Å². The SMILES string of the molecule is CN1CCN(NC(=O)c2ccccc2CC(N)=S)CC1. The van der Waals surface area contributed by atoms with Crippen molar-refractivity contribution in [1.29, 1.82) is 0 Å². The Bertz CT molecular complexity index is 498. The third-order valence-corrected chi connectivity index (χ3v) is 3.53. The van der Waals surface area contributed by atoms with Crippen LogP contribution in [0.1, 0.15) is 15.9 Å². The minimum absolute atomic E-state index is 0.0959. The highest BCUT2D eigenvalue weighted by Gasteiger charge is 2.18. The lowest BCUT2D eigenvalue weighted by molar-refractivity contribution is 0.0662. The van der Waals surface area contributed by atoms with Crippen LogP contribution in [0.4, 0.5) is 0 Å². The molecule has 1 amide bonds. The van der Waals surface area contributed by atoms with Gasteiger partial charge in [-0.3, -0.25) is 10.2 Å². The lowest BCUT2D eigenvalue weighted by Gasteiger charge is -2.32. The van der Waals surface area contributed by atoms with E-state index in [1.165, 1.54) is 0 Å². The summed E-state index contributed by atoms with van der Waals surface area (Å²) in [4.78, 5) is 15.0. The average molecular weight is 292 g/mol. The number of likely N-dealkylation sites (N-methyl/N-ethyl adjacent to an activating group) is 1. The van der Waals surface area contributed by atoms with Crippen LogP contribution in [0.2, 0.25) is 0 Å². The molecule has 0 radical (unpaired) electrons. The van der Waals surface area contributed by atoms with Crippen LogP contribution in [0.5, 0.6) is 0 Å². The van der Waals surface area contributed by atoms with E-state index in [-0.39, 0.29) is 5.91 Å². The summed E-state index contributed by atoms with van der Waals surface area (Å²) in [6.45, 7) is 3.57. The highest BCUT2D eigenvalue weighted by Crippen LogP contribution is 2.10. The summed E-state index contributed by atoms with van der Waals surface area (Å²) in [5, 5.41) is 1.96. The molecule has 5 nitrogen and oxygen atoms in total. The van der Waals surface area contributed by atoms with E-state index in [2.05, 4.69) is 17.4 Å². The van der Waals surface area contributed by atoms with Gasteiger partial charge < -0.3 is 10.6 Å². The van der Waals surface area contributed by atoms with Crippen molar-refractivity contribution in [1.82, 2.24) is 15.3 Å². The number of hydrazine groups is 1. The maximum Gasteiger partial charge on any atom is 0.265 e. The van der Waals surface area contributed by atoms with Crippen LogP contribution in [0.15, 0.2) is 24.3 Å². The first kappa shape index (κ1) is 14.9. The van der Waals surface area contributed by atoms with Crippen LogP contribution in [-0.4, -0.2) is 54.0 Å².